The largest absolute Gasteiger partial charge is 0.493 e. The fraction of sp³-hybridized carbons (Fsp3) is 0.259. The van der Waals surface area contributed by atoms with Gasteiger partial charge in [0.05, 0.1) is 17.7 Å². The standard InChI is InChI=1S/C27H26N2O4/c30-26(22-11-4-5-12-25(22)33-21-9-2-1-3-10-21)28-19-13-14-24-23(18-19)27(31)29-16-7-6-8-20(29)15-17-32-24/h1-5,9-14,18,20H,6-8,15-17H2,(H,28,30). The SMILES string of the molecule is O=C(Nc1ccc2c(c1)C(=O)N1CCCCC1CCO2)c1ccccc1Oc1ccccc1. The molecular formula is C27H26N2O4. The number of carbonyl (C=O) groups excluding carboxylic acids is 2. The van der Waals surface area contributed by atoms with E-state index in [1.165, 1.54) is 0 Å². The van der Waals surface area contributed by atoms with Gasteiger partial charge in [0.1, 0.15) is 17.2 Å². The lowest BCUT2D eigenvalue weighted by Gasteiger charge is -2.37. The van der Waals surface area contributed by atoms with Crippen LogP contribution in [0.1, 0.15) is 46.4 Å². The zero-order valence-electron chi connectivity index (χ0n) is 18.3. The third kappa shape index (κ3) is 4.55. The molecule has 3 aromatic rings. The predicted molar refractivity (Wildman–Crippen MR) is 126 cm³/mol. The highest BCUT2D eigenvalue weighted by Crippen LogP contribution is 2.32. The van der Waals surface area contributed by atoms with Gasteiger partial charge in [-0.3, -0.25) is 9.59 Å². The first-order valence-corrected chi connectivity index (χ1v) is 11.4. The van der Waals surface area contributed by atoms with Crippen LogP contribution < -0.4 is 14.8 Å². The van der Waals surface area contributed by atoms with E-state index in [2.05, 4.69) is 5.32 Å². The molecule has 2 aliphatic rings. The van der Waals surface area contributed by atoms with Crippen molar-refractivity contribution < 1.29 is 19.1 Å². The van der Waals surface area contributed by atoms with Gasteiger partial charge in [-0.25, -0.2) is 0 Å². The number of nitrogens with one attached hydrogen (secondary N) is 1. The Bertz CT molecular complexity index is 1160. The molecule has 0 saturated carbocycles. The lowest BCUT2D eigenvalue weighted by molar-refractivity contribution is 0.0548. The first kappa shape index (κ1) is 21.1. The maximum Gasteiger partial charge on any atom is 0.259 e. The monoisotopic (exact) mass is 442 g/mol. The molecule has 5 rings (SSSR count). The zero-order chi connectivity index (χ0) is 22.6. The summed E-state index contributed by atoms with van der Waals surface area (Å²) in [4.78, 5) is 28.4. The van der Waals surface area contributed by atoms with Crippen LogP contribution in [-0.2, 0) is 0 Å². The van der Waals surface area contributed by atoms with Crippen molar-refractivity contribution in [3.8, 4) is 17.2 Å². The summed E-state index contributed by atoms with van der Waals surface area (Å²) in [6.07, 6.45) is 4.02. The van der Waals surface area contributed by atoms with Crippen molar-refractivity contribution in [2.75, 3.05) is 18.5 Å². The Hall–Kier alpha value is -3.80. The second-order valence-electron chi connectivity index (χ2n) is 8.36. The van der Waals surface area contributed by atoms with E-state index in [9.17, 15) is 9.59 Å². The number of para-hydroxylation sites is 2. The molecule has 0 radical (unpaired) electrons. The molecule has 1 saturated heterocycles. The van der Waals surface area contributed by atoms with E-state index >= 15 is 0 Å². The van der Waals surface area contributed by atoms with Crippen molar-refractivity contribution in [1.29, 1.82) is 0 Å². The smallest absolute Gasteiger partial charge is 0.259 e. The first-order valence-electron chi connectivity index (χ1n) is 11.4. The van der Waals surface area contributed by atoms with Crippen LogP contribution in [-0.4, -0.2) is 35.9 Å². The molecule has 0 aromatic heterocycles. The molecule has 1 unspecified atom stereocenters. The Kier molecular flexibility index (Phi) is 5.98. The van der Waals surface area contributed by atoms with Crippen LogP contribution in [0, 0.1) is 0 Å². The van der Waals surface area contributed by atoms with Gasteiger partial charge in [0.2, 0.25) is 0 Å². The minimum atomic E-state index is -0.309. The number of hydrogen-bond donors (Lipinski definition) is 1. The lowest BCUT2D eigenvalue weighted by Crippen LogP contribution is -2.45. The van der Waals surface area contributed by atoms with E-state index in [0.717, 1.165) is 32.2 Å². The third-order valence-electron chi connectivity index (χ3n) is 6.17. The summed E-state index contributed by atoms with van der Waals surface area (Å²) in [5, 5.41) is 2.92. The number of piperidine rings is 1. The lowest BCUT2D eigenvalue weighted by atomic mass is 9.97. The van der Waals surface area contributed by atoms with Crippen molar-refractivity contribution in [3.05, 3.63) is 83.9 Å². The molecule has 0 bridgehead atoms. The van der Waals surface area contributed by atoms with Crippen LogP contribution in [0.15, 0.2) is 72.8 Å². The van der Waals surface area contributed by atoms with Crippen molar-refractivity contribution in [3.63, 3.8) is 0 Å². The molecule has 0 spiro atoms. The summed E-state index contributed by atoms with van der Waals surface area (Å²) in [5.41, 5.74) is 1.44. The highest BCUT2D eigenvalue weighted by molar-refractivity contribution is 6.07. The summed E-state index contributed by atoms with van der Waals surface area (Å²) in [7, 11) is 0. The zero-order valence-corrected chi connectivity index (χ0v) is 18.3. The summed E-state index contributed by atoms with van der Waals surface area (Å²) >= 11 is 0. The fourth-order valence-corrected chi connectivity index (χ4v) is 4.49. The minimum absolute atomic E-state index is 0.0293. The number of rotatable bonds is 4. The van der Waals surface area contributed by atoms with Crippen LogP contribution >= 0.6 is 0 Å². The van der Waals surface area contributed by atoms with E-state index < -0.39 is 0 Å². The quantitative estimate of drug-likeness (QED) is 0.579. The summed E-state index contributed by atoms with van der Waals surface area (Å²) in [5.74, 6) is 1.34. The van der Waals surface area contributed by atoms with E-state index in [0.29, 0.717) is 40.7 Å². The molecule has 2 heterocycles. The molecule has 2 aliphatic heterocycles. The van der Waals surface area contributed by atoms with Gasteiger partial charge in [0, 0.05) is 24.7 Å². The van der Waals surface area contributed by atoms with Crippen LogP contribution in [0.2, 0.25) is 0 Å². The molecule has 168 valence electrons. The Morgan fingerprint density at radius 3 is 2.67 bits per heavy atom. The highest BCUT2D eigenvalue weighted by atomic mass is 16.5. The van der Waals surface area contributed by atoms with Gasteiger partial charge in [0.25, 0.3) is 11.8 Å². The summed E-state index contributed by atoms with van der Waals surface area (Å²) < 4.78 is 11.8. The van der Waals surface area contributed by atoms with Crippen molar-refractivity contribution in [1.82, 2.24) is 4.90 Å². The normalized spacial score (nSPS) is 17.6. The number of amides is 2. The van der Waals surface area contributed by atoms with Crippen LogP contribution in [0.3, 0.4) is 0 Å². The highest BCUT2D eigenvalue weighted by Gasteiger charge is 2.31. The molecular weight excluding hydrogens is 416 g/mol. The second kappa shape index (κ2) is 9.36. The van der Waals surface area contributed by atoms with Gasteiger partial charge in [0.15, 0.2) is 0 Å². The summed E-state index contributed by atoms with van der Waals surface area (Å²) in [6, 6.07) is 21.9. The van der Waals surface area contributed by atoms with Gasteiger partial charge in [-0.05, 0) is 61.7 Å². The van der Waals surface area contributed by atoms with E-state index in [1.807, 2.05) is 41.3 Å². The second-order valence-corrected chi connectivity index (χ2v) is 8.36. The van der Waals surface area contributed by atoms with Gasteiger partial charge < -0.3 is 19.7 Å². The topological polar surface area (TPSA) is 67.9 Å². The van der Waals surface area contributed by atoms with E-state index in [1.54, 1.807) is 36.4 Å². The molecule has 6 nitrogen and oxygen atoms in total. The third-order valence-corrected chi connectivity index (χ3v) is 6.17. The Morgan fingerprint density at radius 1 is 0.970 bits per heavy atom. The summed E-state index contributed by atoms with van der Waals surface area (Å²) in [6.45, 7) is 1.35. The molecule has 33 heavy (non-hydrogen) atoms. The number of hydrogen-bond acceptors (Lipinski definition) is 4. The number of fused-ring (bicyclic) bond motifs is 2. The number of benzene rings is 3. The average Bonchev–Trinajstić information content (AvgIpc) is 2.85. The number of ether oxygens (including phenoxy) is 2. The first-order chi connectivity index (χ1) is 16.2. The van der Waals surface area contributed by atoms with E-state index in [4.69, 9.17) is 9.47 Å². The van der Waals surface area contributed by atoms with Crippen LogP contribution in [0.25, 0.3) is 0 Å². The van der Waals surface area contributed by atoms with Gasteiger partial charge in [-0.1, -0.05) is 30.3 Å². The number of carbonyl (C=O) groups is 2. The van der Waals surface area contributed by atoms with Gasteiger partial charge in [-0.2, -0.15) is 0 Å². The Balaban J connectivity index is 1.39. The van der Waals surface area contributed by atoms with E-state index in [-0.39, 0.29) is 17.9 Å². The molecule has 0 aliphatic carbocycles. The Morgan fingerprint density at radius 2 is 1.79 bits per heavy atom. The molecule has 1 N–H and O–H groups in total. The van der Waals surface area contributed by atoms with Gasteiger partial charge in [-0.15, -0.1) is 0 Å². The molecule has 3 aromatic carbocycles. The number of nitrogens with zero attached hydrogens (tertiary/aromatic N) is 1. The van der Waals surface area contributed by atoms with Crippen LogP contribution in [0.4, 0.5) is 5.69 Å². The molecule has 6 heteroatoms. The fourth-order valence-electron chi connectivity index (χ4n) is 4.49. The predicted octanol–water partition coefficient (Wildman–Crippen LogP) is 5.51. The number of anilines is 1. The maximum atomic E-state index is 13.3. The molecule has 1 atom stereocenters. The average molecular weight is 443 g/mol. The van der Waals surface area contributed by atoms with Crippen molar-refractivity contribution in [2.45, 2.75) is 31.7 Å². The van der Waals surface area contributed by atoms with Crippen molar-refractivity contribution in [2.24, 2.45) is 0 Å². The molecule has 1 fully saturated rings. The minimum Gasteiger partial charge on any atom is -0.493 e. The van der Waals surface area contributed by atoms with Crippen LogP contribution in [0.5, 0.6) is 17.2 Å². The Labute approximate surface area is 193 Å². The van der Waals surface area contributed by atoms with Crippen molar-refractivity contribution >= 4 is 17.5 Å². The maximum absolute atomic E-state index is 13.3. The molecule has 2 amide bonds. The van der Waals surface area contributed by atoms with Gasteiger partial charge >= 0.3 is 0 Å².